The highest BCUT2D eigenvalue weighted by Gasteiger charge is 2.04. The molecule has 2 aromatic rings. The molecule has 22 heavy (non-hydrogen) atoms. The molecule has 1 aromatic carbocycles. The van der Waals surface area contributed by atoms with Crippen LogP contribution in [0.3, 0.4) is 0 Å². The molecule has 0 saturated heterocycles. The molecule has 0 bridgehead atoms. The van der Waals surface area contributed by atoms with Crippen LogP contribution in [-0.4, -0.2) is 30.4 Å². The van der Waals surface area contributed by atoms with Crippen molar-refractivity contribution in [2.75, 3.05) is 19.6 Å². The van der Waals surface area contributed by atoms with Crippen molar-refractivity contribution >= 4 is 12.2 Å². The van der Waals surface area contributed by atoms with Gasteiger partial charge < -0.3 is 9.47 Å². The number of hydrogen-bond donors (Lipinski definition) is 2. The number of anilines is 1. The molecule has 0 aliphatic rings. The van der Waals surface area contributed by atoms with E-state index >= 15 is 0 Å². The summed E-state index contributed by atoms with van der Waals surface area (Å²) in [5.74, 6) is 1.64. The summed E-state index contributed by atoms with van der Waals surface area (Å²) in [7, 11) is 3.17. The van der Waals surface area contributed by atoms with Gasteiger partial charge in [-0.05, 0) is 32.0 Å². The number of aromatic nitrogens is 2. The average Bonchev–Trinajstić information content (AvgIpc) is 2.52. The Morgan fingerprint density at radius 1 is 1.27 bits per heavy atom. The van der Waals surface area contributed by atoms with Gasteiger partial charge in [0.1, 0.15) is 11.5 Å². The van der Waals surface area contributed by atoms with Crippen molar-refractivity contribution in [2.45, 2.75) is 13.8 Å². The van der Waals surface area contributed by atoms with E-state index in [1.807, 2.05) is 0 Å². The second kappa shape index (κ2) is 6.75. The number of aromatic amines is 1. The largest absolute Gasteiger partial charge is 0.497 e. The number of nitrogens with zero attached hydrogens (tertiary/aromatic N) is 2. The summed E-state index contributed by atoms with van der Waals surface area (Å²) in [5.41, 5.74) is 4.48. The average molecular weight is 302 g/mol. The van der Waals surface area contributed by atoms with Crippen molar-refractivity contribution in [1.82, 2.24) is 9.97 Å². The molecule has 116 valence electrons. The first kappa shape index (κ1) is 15.6. The third-order valence-corrected chi connectivity index (χ3v) is 3.21. The monoisotopic (exact) mass is 302 g/mol. The number of hydrazone groups is 1. The summed E-state index contributed by atoms with van der Waals surface area (Å²) in [6.45, 7) is 3.49. The van der Waals surface area contributed by atoms with Crippen LogP contribution in [-0.2, 0) is 0 Å². The summed E-state index contributed by atoms with van der Waals surface area (Å²) in [4.78, 5) is 18.5. The first-order valence-corrected chi connectivity index (χ1v) is 6.63. The van der Waals surface area contributed by atoms with Gasteiger partial charge in [0.05, 0.1) is 20.4 Å². The van der Waals surface area contributed by atoms with Gasteiger partial charge in [0, 0.05) is 16.8 Å². The summed E-state index contributed by atoms with van der Waals surface area (Å²) < 4.78 is 10.4. The molecule has 0 unspecified atom stereocenters. The summed E-state index contributed by atoms with van der Waals surface area (Å²) in [6.07, 6.45) is 1.57. The number of methoxy groups -OCH3 is 2. The lowest BCUT2D eigenvalue weighted by Crippen LogP contribution is -2.15. The van der Waals surface area contributed by atoms with Crippen molar-refractivity contribution in [2.24, 2.45) is 5.10 Å². The van der Waals surface area contributed by atoms with Crippen LogP contribution < -0.4 is 20.5 Å². The van der Waals surface area contributed by atoms with Crippen LogP contribution in [0, 0.1) is 13.8 Å². The van der Waals surface area contributed by atoms with E-state index in [-0.39, 0.29) is 11.5 Å². The molecule has 0 fully saturated rings. The molecule has 0 aliphatic heterocycles. The maximum absolute atomic E-state index is 11.7. The molecule has 7 heteroatoms. The summed E-state index contributed by atoms with van der Waals surface area (Å²) >= 11 is 0. The number of rotatable bonds is 5. The van der Waals surface area contributed by atoms with Gasteiger partial charge in [-0.1, -0.05) is 0 Å². The lowest BCUT2D eigenvalue weighted by Gasteiger charge is -2.07. The molecule has 0 amide bonds. The Kier molecular flexibility index (Phi) is 4.77. The predicted molar refractivity (Wildman–Crippen MR) is 85.1 cm³/mol. The Hall–Kier alpha value is -2.83. The fourth-order valence-electron chi connectivity index (χ4n) is 1.80. The van der Waals surface area contributed by atoms with Gasteiger partial charge in [0.2, 0.25) is 5.95 Å². The predicted octanol–water partition coefficient (Wildman–Crippen LogP) is 1.85. The van der Waals surface area contributed by atoms with E-state index in [1.54, 1.807) is 52.5 Å². The van der Waals surface area contributed by atoms with E-state index in [0.29, 0.717) is 22.8 Å². The molecule has 2 rings (SSSR count). The van der Waals surface area contributed by atoms with Gasteiger partial charge in [-0.3, -0.25) is 9.78 Å². The van der Waals surface area contributed by atoms with E-state index in [4.69, 9.17) is 9.47 Å². The lowest BCUT2D eigenvalue weighted by molar-refractivity contribution is 0.402. The molecule has 0 aliphatic carbocycles. The number of aryl methyl sites for hydroxylation is 1. The Bertz CT molecular complexity index is 753. The molecular formula is C15H18N4O3. The molecule has 0 saturated carbocycles. The van der Waals surface area contributed by atoms with Crippen LogP contribution in [0.4, 0.5) is 5.95 Å². The minimum Gasteiger partial charge on any atom is -0.497 e. The highest BCUT2D eigenvalue weighted by Crippen LogP contribution is 2.22. The van der Waals surface area contributed by atoms with Gasteiger partial charge >= 0.3 is 0 Å². The van der Waals surface area contributed by atoms with Gasteiger partial charge in [0.15, 0.2) is 0 Å². The van der Waals surface area contributed by atoms with Crippen LogP contribution in [0.25, 0.3) is 0 Å². The van der Waals surface area contributed by atoms with E-state index in [1.165, 1.54) is 0 Å². The van der Waals surface area contributed by atoms with E-state index in [9.17, 15) is 4.79 Å². The third-order valence-electron chi connectivity index (χ3n) is 3.21. The minimum absolute atomic E-state index is 0.191. The SMILES string of the molecule is COc1ccc(OC)c(/C=N\Nc2nc(C)c(C)c(=O)[nH]2)c1. The van der Waals surface area contributed by atoms with Gasteiger partial charge in [-0.2, -0.15) is 5.10 Å². The highest BCUT2D eigenvalue weighted by molar-refractivity contribution is 5.84. The molecule has 1 aromatic heterocycles. The van der Waals surface area contributed by atoms with Crippen molar-refractivity contribution in [3.05, 3.63) is 45.4 Å². The number of H-pyrrole nitrogens is 1. The number of nitrogens with one attached hydrogen (secondary N) is 2. The standard InChI is InChI=1S/C15H18N4O3/c1-9-10(2)17-15(18-14(9)20)19-16-8-11-7-12(21-3)5-6-13(11)22-4/h5-8H,1-4H3,(H2,17,18,19,20)/b16-8-. The molecule has 0 radical (unpaired) electrons. The van der Waals surface area contributed by atoms with Crippen molar-refractivity contribution in [3.8, 4) is 11.5 Å². The molecule has 2 N–H and O–H groups in total. The van der Waals surface area contributed by atoms with E-state index in [0.717, 1.165) is 5.56 Å². The second-order valence-electron chi connectivity index (χ2n) is 4.60. The fourth-order valence-corrected chi connectivity index (χ4v) is 1.80. The number of benzene rings is 1. The highest BCUT2D eigenvalue weighted by atomic mass is 16.5. The zero-order chi connectivity index (χ0) is 16.1. The zero-order valence-corrected chi connectivity index (χ0v) is 12.9. The van der Waals surface area contributed by atoms with Gasteiger partial charge in [-0.15, -0.1) is 0 Å². The molecular weight excluding hydrogens is 284 g/mol. The zero-order valence-electron chi connectivity index (χ0n) is 12.9. The minimum atomic E-state index is -0.191. The van der Waals surface area contributed by atoms with Crippen LogP contribution >= 0.6 is 0 Å². The Labute approximate surface area is 128 Å². The smallest absolute Gasteiger partial charge is 0.255 e. The molecule has 7 nitrogen and oxygen atoms in total. The molecule has 0 spiro atoms. The normalized spacial score (nSPS) is 10.7. The van der Waals surface area contributed by atoms with Gasteiger partial charge in [-0.25, -0.2) is 10.4 Å². The maximum atomic E-state index is 11.7. The summed E-state index contributed by atoms with van der Waals surface area (Å²) in [6, 6.07) is 5.38. The van der Waals surface area contributed by atoms with Crippen molar-refractivity contribution in [1.29, 1.82) is 0 Å². The van der Waals surface area contributed by atoms with Crippen LogP contribution in [0.15, 0.2) is 28.1 Å². The van der Waals surface area contributed by atoms with Crippen molar-refractivity contribution < 1.29 is 9.47 Å². The molecule has 1 heterocycles. The first-order chi connectivity index (χ1) is 10.5. The third kappa shape index (κ3) is 3.43. The quantitative estimate of drug-likeness (QED) is 0.650. The van der Waals surface area contributed by atoms with E-state index in [2.05, 4.69) is 20.5 Å². The Balaban J connectivity index is 2.21. The van der Waals surface area contributed by atoms with Crippen LogP contribution in [0.5, 0.6) is 11.5 Å². The fraction of sp³-hybridized carbons (Fsp3) is 0.267. The van der Waals surface area contributed by atoms with Crippen molar-refractivity contribution in [3.63, 3.8) is 0 Å². The molecule has 0 atom stereocenters. The Morgan fingerprint density at radius 3 is 2.68 bits per heavy atom. The topological polar surface area (TPSA) is 88.6 Å². The maximum Gasteiger partial charge on any atom is 0.255 e. The van der Waals surface area contributed by atoms with E-state index < -0.39 is 0 Å². The Morgan fingerprint density at radius 2 is 2.05 bits per heavy atom. The van der Waals surface area contributed by atoms with Gasteiger partial charge in [0.25, 0.3) is 5.56 Å². The first-order valence-electron chi connectivity index (χ1n) is 6.63. The number of hydrogen-bond acceptors (Lipinski definition) is 6. The lowest BCUT2D eigenvalue weighted by atomic mass is 10.2. The van der Waals surface area contributed by atoms with Crippen LogP contribution in [0.2, 0.25) is 0 Å². The second-order valence-corrected chi connectivity index (χ2v) is 4.60. The summed E-state index contributed by atoms with van der Waals surface area (Å²) in [5, 5.41) is 4.06. The number of ether oxygens (including phenoxy) is 2. The van der Waals surface area contributed by atoms with Crippen LogP contribution in [0.1, 0.15) is 16.8 Å².